The van der Waals surface area contributed by atoms with Gasteiger partial charge in [0.1, 0.15) is 17.2 Å². The minimum atomic E-state index is -0.0848. The molecule has 7 aromatic rings. The monoisotopic (exact) mass is 545 g/mol. The molecule has 40 heavy (non-hydrogen) atoms. The number of imidazole rings is 1. The Balaban J connectivity index is 0.00000289. The van der Waals surface area contributed by atoms with Gasteiger partial charge in [-0.15, -0.1) is 0 Å². The first kappa shape index (κ1) is 25.6. The number of fused-ring (bicyclic) bond motifs is 4. The standard InChI is InChI=1S/C33H27N5O.ClH/c1-33(2,3)31-17-18-34-32(36-31)38-28-13-6-4-11-25(28)26-16-15-24(20-30(26)38)39-23-10-8-9-22(19-23)37-21-35-27-12-5-7-14-29(27)37;/h4-21H,1-3H3;1H. The van der Waals surface area contributed by atoms with Gasteiger partial charge < -0.3 is 17.1 Å². The zero-order valence-electron chi connectivity index (χ0n) is 22.5. The van der Waals surface area contributed by atoms with Crippen molar-refractivity contribution in [2.45, 2.75) is 26.2 Å². The lowest BCUT2D eigenvalue weighted by atomic mass is 9.92. The smallest absolute Gasteiger partial charge is 0.247 e. The molecule has 7 rings (SSSR count). The molecule has 0 spiro atoms. The van der Waals surface area contributed by atoms with E-state index in [9.17, 15) is 0 Å². The summed E-state index contributed by atoms with van der Waals surface area (Å²) in [6.07, 6.45) is 3.82. The van der Waals surface area contributed by atoms with Crippen molar-refractivity contribution in [2.75, 3.05) is 0 Å². The molecule has 0 bridgehead atoms. The van der Waals surface area contributed by atoms with E-state index in [-0.39, 0.29) is 17.8 Å². The fourth-order valence-electron chi connectivity index (χ4n) is 5.16. The van der Waals surface area contributed by atoms with Crippen molar-refractivity contribution in [3.63, 3.8) is 0 Å². The molecule has 0 saturated carbocycles. The number of nitrogens with one attached hydrogen (secondary N) is 1. The molecule has 7 heteroatoms. The van der Waals surface area contributed by atoms with Gasteiger partial charge in [-0.2, -0.15) is 4.57 Å². The van der Waals surface area contributed by atoms with Crippen molar-refractivity contribution in [3.8, 4) is 23.1 Å². The van der Waals surface area contributed by atoms with Crippen molar-refractivity contribution in [1.29, 1.82) is 0 Å². The molecule has 3 heterocycles. The van der Waals surface area contributed by atoms with Crippen molar-refractivity contribution >= 4 is 32.8 Å². The lowest BCUT2D eigenvalue weighted by Crippen LogP contribution is -3.00. The highest BCUT2D eigenvalue weighted by Crippen LogP contribution is 2.35. The second-order valence-electron chi connectivity index (χ2n) is 10.8. The topological polar surface area (TPSA) is 59.6 Å². The highest BCUT2D eigenvalue weighted by Gasteiger charge is 2.20. The van der Waals surface area contributed by atoms with Gasteiger partial charge >= 0.3 is 0 Å². The molecule has 0 amide bonds. The van der Waals surface area contributed by atoms with Gasteiger partial charge in [0.15, 0.2) is 11.0 Å². The molecule has 3 aromatic heterocycles. The number of benzene rings is 4. The van der Waals surface area contributed by atoms with Crippen LogP contribution in [0.5, 0.6) is 11.5 Å². The van der Waals surface area contributed by atoms with Crippen molar-refractivity contribution in [2.24, 2.45) is 0 Å². The Morgan fingerprint density at radius 3 is 2.42 bits per heavy atom. The van der Waals surface area contributed by atoms with Crippen LogP contribution in [0, 0.1) is 0 Å². The van der Waals surface area contributed by atoms with Crippen molar-refractivity contribution in [3.05, 3.63) is 115 Å². The Labute approximate surface area is 238 Å². The normalized spacial score (nSPS) is 11.7. The van der Waals surface area contributed by atoms with Gasteiger partial charge in [-0.05, 0) is 48.5 Å². The highest BCUT2D eigenvalue weighted by molar-refractivity contribution is 6.09. The number of ether oxygens (including phenoxy) is 1. The van der Waals surface area contributed by atoms with Crippen LogP contribution in [0.15, 0.2) is 110 Å². The van der Waals surface area contributed by atoms with Crippen molar-refractivity contribution in [1.82, 2.24) is 19.5 Å². The average Bonchev–Trinajstić information content (AvgIpc) is 3.52. The molecule has 198 valence electrons. The maximum atomic E-state index is 6.42. The Kier molecular flexibility index (Phi) is 6.28. The largest absolute Gasteiger partial charge is 1.00 e. The van der Waals surface area contributed by atoms with Crippen LogP contribution in [0.3, 0.4) is 0 Å². The number of hydrogen-bond donors (Lipinski definition) is 1. The van der Waals surface area contributed by atoms with Gasteiger partial charge in [0, 0.05) is 34.5 Å². The molecule has 1 N–H and O–H groups in total. The van der Waals surface area contributed by atoms with E-state index in [0.717, 1.165) is 55.7 Å². The molecule has 0 saturated heterocycles. The van der Waals surface area contributed by atoms with Crippen LogP contribution in [0.2, 0.25) is 0 Å². The summed E-state index contributed by atoms with van der Waals surface area (Å²) in [6, 6.07) is 33.0. The number of H-pyrrole nitrogens is 1. The number of aromatic amines is 1. The van der Waals surface area contributed by atoms with Gasteiger partial charge in [0.25, 0.3) is 0 Å². The second-order valence-corrected chi connectivity index (χ2v) is 10.8. The van der Waals surface area contributed by atoms with Crippen LogP contribution in [0.25, 0.3) is 44.5 Å². The molecule has 4 aromatic carbocycles. The molecule has 0 fully saturated rings. The summed E-state index contributed by atoms with van der Waals surface area (Å²) in [7, 11) is 0. The molecule has 0 atom stereocenters. The average molecular weight is 546 g/mol. The summed E-state index contributed by atoms with van der Waals surface area (Å²) < 4.78 is 10.7. The van der Waals surface area contributed by atoms with Crippen molar-refractivity contribution < 1.29 is 21.7 Å². The predicted molar refractivity (Wildman–Crippen MR) is 155 cm³/mol. The van der Waals surface area contributed by atoms with E-state index in [4.69, 9.17) is 9.72 Å². The lowest BCUT2D eigenvalue weighted by Gasteiger charge is -2.18. The summed E-state index contributed by atoms with van der Waals surface area (Å²) in [5.41, 5.74) is 6.19. The van der Waals surface area contributed by atoms with E-state index in [1.54, 1.807) is 0 Å². The van der Waals surface area contributed by atoms with Gasteiger partial charge in [0.05, 0.1) is 16.7 Å². The van der Waals surface area contributed by atoms with Crippen LogP contribution in [-0.2, 0) is 5.41 Å². The fourth-order valence-corrected chi connectivity index (χ4v) is 5.16. The molecule has 0 radical (unpaired) electrons. The van der Waals surface area contributed by atoms with Crippen LogP contribution in [-0.4, -0.2) is 19.5 Å². The number of nitrogens with zero attached hydrogens (tertiary/aromatic N) is 4. The summed E-state index contributed by atoms with van der Waals surface area (Å²) in [6.45, 7) is 6.50. The maximum Gasteiger partial charge on any atom is 0.247 e. The molecule has 0 aliphatic rings. The predicted octanol–water partition coefficient (Wildman–Crippen LogP) is 4.43. The first-order chi connectivity index (χ1) is 19.0. The van der Waals surface area contributed by atoms with E-state index in [1.165, 1.54) is 0 Å². The third kappa shape index (κ3) is 4.36. The van der Waals surface area contributed by atoms with E-state index in [0.29, 0.717) is 5.95 Å². The number of rotatable bonds is 4. The number of halogens is 1. The molecule has 0 aliphatic heterocycles. The maximum absolute atomic E-state index is 6.42. The lowest BCUT2D eigenvalue weighted by molar-refractivity contribution is -0.567. The summed E-state index contributed by atoms with van der Waals surface area (Å²) in [5.74, 6) is 2.17. The van der Waals surface area contributed by atoms with Crippen LogP contribution in [0.1, 0.15) is 26.5 Å². The summed E-state index contributed by atoms with van der Waals surface area (Å²) >= 11 is 0. The quantitative estimate of drug-likeness (QED) is 0.333. The van der Waals surface area contributed by atoms with Gasteiger partial charge in [-0.25, -0.2) is 15.0 Å². The third-order valence-electron chi connectivity index (χ3n) is 7.10. The van der Waals surface area contributed by atoms with Crippen LogP contribution >= 0.6 is 0 Å². The molecule has 0 aliphatic carbocycles. The first-order valence-corrected chi connectivity index (χ1v) is 13.1. The Bertz CT molecular complexity index is 2000. The SMILES string of the molecule is CC(C)(C)c1ccnc(-n2c3ccccc3c3ccc(Oc4cccc(-[n+]5c[nH]c6ccccc65)c4)cc32)n1.[Cl-]. The molecular formula is C33H28ClN5O. The van der Waals surface area contributed by atoms with E-state index >= 15 is 0 Å². The van der Waals surface area contributed by atoms with Crippen LogP contribution < -0.4 is 21.7 Å². The molecule has 6 nitrogen and oxygen atoms in total. The third-order valence-corrected chi connectivity index (χ3v) is 7.10. The minimum Gasteiger partial charge on any atom is -1.00 e. The fraction of sp³-hybridized carbons (Fsp3) is 0.121. The molecule has 0 unspecified atom stereocenters. The van der Waals surface area contributed by atoms with E-state index < -0.39 is 0 Å². The van der Waals surface area contributed by atoms with E-state index in [1.807, 2.05) is 48.9 Å². The summed E-state index contributed by atoms with van der Waals surface area (Å²) in [4.78, 5) is 13.0. The summed E-state index contributed by atoms with van der Waals surface area (Å²) in [5, 5.41) is 2.28. The highest BCUT2D eigenvalue weighted by atomic mass is 35.5. The second kappa shape index (κ2) is 9.81. The Morgan fingerprint density at radius 1 is 0.775 bits per heavy atom. The Hall–Kier alpha value is -4.68. The van der Waals surface area contributed by atoms with E-state index in [2.05, 4.69) is 101 Å². The number of hydrogen-bond acceptors (Lipinski definition) is 3. The zero-order chi connectivity index (χ0) is 26.6. The Morgan fingerprint density at radius 2 is 1.55 bits per heavy atom. The first-order valence-electron chi connectivity index (χ1n) is 13.1. The van der Waals surface area contributed by atoms with Gasteiger partial charge in [-0.1, -0.05) is 57.2 Å². The zero-order valence-corrected chi connectivity index (χ0v) is 23.2. The van der Waals surface area contributed by atoms with Crippen LogP contribution in [0.4, 0.5) is 0 Å². The van der Waals surface area contributed by atoms with Gasteiger partial charge in [0.2, 0.25) is 12.3 Å². The number of para-hydroxylation sites is 3. The molecular weight excluding hydrogens is 518 g/mol. The van der Waals surface area contributed by atoms with Gasteiger partial charge in [-0.3, -0.25) is 4.57 Å². The minimum absolute atomic E-state index is 0. The number of aromatic nitrogens is 5.